The Balaban J connectivity index is 1.52. The zero-order chi connectivity index (χ0) is 22.2. The Hall–Kier alpha value is -3.19. The van der Waals surface area contributed by atoms with Crippen molar-refractivity contribution < 1.29 is 19.4 Å². The Morgan fingerprint density at radius 1 is 0.969 bits per heavy atom. The van der Waals surface area contributed by atoms with Crippen LogP contribution >= 0.6 is 0 Å². The minimum absolute atomic E-state index is 0.0219. The van der Waals surface area contributed by atoms with Crippen LogP contribution in [0.4, 0.5) is 5.69 Å². The molecule has 7 heteroatoms. The first-order valence-corrected chi connectivity index (χ1v) is 11.2. The summed E-state index contributed by atoms with van der Waals surface area (Å²) >= 11 is 0. The second-order valence-corrected chi connectivity index (χ2v) is 8.78. The Labute approximate surface area is 186 Å². The molecule has 0 bridgehead atoms. The predicted octanol–water partition coefficient (Wildman–Crippen LogP) is 3.94. The van der Waals surface area contributed by atoms with Gasteiger partial charge < -0.3 is 29.2 Å². The van der Waals surface area contributed by atoms with Gasteiger partial charge in [-0.15, -0.1) is 0 Å². The Kier molecular flexibility index (Phi) is 5.43. The molecule has 2 N–H and O–H groups in total. The summed E-state index contributed by atoms with van der Waals surface area (Å²) in [6.45, 7) is 4.00. The molecule has 2 aliphatic rings. The number of piperazine rings is 1. The highest BCUT2D eigenvalue weighted by molar-refractivity contribution is 5.91. The van der Waals surface area contributed by atoms with Crippen molar-refractivity contribution in [3.63, 3.8) is 0 Å². The SMILES string of the molecule is CN1CCN(c2ccc(-c3cc(=O)c4c(O)cc(O)c(OC5CCCC5)c4o3)cc2)CC1. The van der Waals surface area contributed by atoms with E-state index in [4.69, 9.17) is 9.15 Å². The molecule has 2 aromatic carbocycles. The van der Waals surface area contributed by atoms with Crippen LogP contribution in [0.25, 0.3) is 22.3 Å². The summed E-state index contributed by atoms with van der Waals surface area (Å²) in [7, 11) is 2.13. The van der Waals surface area contributed by atoms with Gasteiger partial charge >= 0.3 is 0 Å². The van der Waals surface area contributed by atoms with E-state index in [1.165, 1.54) is 6.07 Å². The summed E-state index contributed by atoms with van der Waals surface area (Å²) in [5.41, 5.74) is 1.58. The zero-order valence-corrected chi connectivity index (χ0v) is 18.2. The minimum atomic E-state index is -0.377. The zero-order valence-electron chi connectivity index (χ0n) is 18.2. The molecule has 7 nitrogen and oxygen atoms in total. The van der Waals surface area contributed by atoms with Crippen LogP contribution in [0.1, 0.15) is 25.7 Å². The van der Waals surface area contributed by atoms with Crippen molar-refractivity contribution >= 4 is 16.7 Å². The molecule has 1 saturated heterocycles. The van der Waals surface area contributed by atoms with Gasteiger partial charge in [0.1, 0.15) is 16.9 Å². The minimum Gasteiger partial charge on any atom is -0.507 e. The van der Waals surface area contributed by atoms with Gasteiger partial charge in [-0.1, -0.05) is 0 Å². The lowest BCUT2D eigenvalue weighted by atomic mass is 10.1. The third-order valence-corrected chi connectivity index (χ3v) is 6.52. The fourth-order valence-electron chi connectivity index (χ4n) is 4.61. The smallest absolute Gasteiger partial charge is 0.205 e. The fourth-order valence-corrected chi connectivity index (χ4v) is 4.61. The first kappa shape index (κ1) is 20.7. The third-order valence-electron chi connectivity index (χ3n) is 6.52. The second kappa shape index (κ2) is 8.39. The van der Waals surface area contributed by atoms with E-state index in [1.54, 1.807) is 0 Å². The molecule has 1 saturated carbocycles. The molecule has 168 valence electrons. The number of nitrogens with zero attached hydrogens (tertiary/aromatic N) is 2. The molecule has 0 atom stereocenters. The lowest BCUT2D eigenvalue weighted by Gasteiger charge is -2.34. The molecule has 0 spiro atoms. The average molecular weight is 437 g/mol. The largest absolute Gasteiger partial charge is 0.507 e. The van der Waals surface area contributed by atoms with Crippen LogP contribution in [-0.4, -0.2) is 54.4 Å². The highest BCUT2D eigenvalue weighted by Gasteiger charge is 2.24. The molecule has 1 aliphatic carbocycles. The molecule has 0 amide bonds. The number of fused-ring (bicyclic) bond motifs is 1. The van der Waals surface area contributed by atoms with Gasteiger partial charge in [-0.3, -0.25) is 4.79 Å². The number of aromatic hydroxyl groups is 2. The summed E-state index contributed by atoms with van der Waals surface area (Å²) in [4.78, 5) is 17.5. The summed E-state index contributed by atoms with van der Waals surface area (Å²) in [6.07, 6.45) is 3.87. The van der Waals surface area contributed by atoms with E-state index in [1.807, 2.05) is 24.3 Å². The van der Waals surface area contributed by atoms with Crippen molar-refractivity contribution in [2.24, 2.45) is 0 Å². The number of benzene rings is 2. The first-order valence-electron chi connectivity index (χ1n) is 11.2. The van der Waals surface area contributed by atoms with Crippen LogP contribution in [0.15, 0.2) is 45.6 Å². The topological polar surface area (TPSA) is 86.4 Å². The van der Waals surface area contributed by atoms with E-state index in [9.17, 15) is 15.0 Å². The number of rotatable bonds is 4. The van der Waals surface area contributed by atoms with Gasteiger partial charge in [0.2, 0.25) is 5.75 Å². The molecular formula is C25H28N2O5. The van der Waals surface area contributed by atoms with E-state index in [0.29, 0.717) is 5.76 Å². The van der Waals surface area contributed by atoms with Crippen molar-refractivity contribution in [1.29, 1.82) is 0 Å². The summed E-state index contributed by atoms with van der Waals surface area (Å²) in [5, 5.41) is 20.8. The number of phenols is 2. The van der Waals surface area contributed by atoms with Crippen molar-refractivity contribution in [3.05, 3.63) is 46.6 Å². The van der Waals surface area contributed by atoms with E-state index in [0.717, 1.165) is 69.2 Å². The van der Waals surface area contributed by atoms with Crippen molar-refractivity contribution in [2.75, 3.05) is 38.1 Å². The monoisotopic (exact) mass is 436 g/mol. The van der Waals surface area contributed by atoms with E-state index in [2.05, 4.69) is 16.8 Å². The van der Waals surface area contributed by atoms with E-state index < -0.39 is 0 Å². The van der Waals surface area contributed by atoms with E-state index >= 15 is 0 Å². The van der Waals surface area contributed by atoms with E-state index in [-0.39, 0.29) is 39.8 Å². The lowest BCUT2D eigenvalue weighted by Crippen LogP contribution is -2.44. The van der Waals surface area contributed by atoms with Gasteiger partial charge in [0.05, 0.1) is 6.10 Å². The molecule has 2 fully saturated rings. The van der Waals surface area contributed by atoms with Crippen molar-refractivity contribution in [1.82, 2.24) is 4.90 Å². The van der Waals surface area contributed by atoms with Gasteiger partial charge in [0.25, 0.3) is 0 Å². The third kappa shape index (κ3) is 3.88. The molecule has 0 radical (unpaired) electrons. The van der Waals surface area contributed by atoms with Crippen LogP contribution in [0.3, 0.4) is 0 Å². The second-order valence-electron chi connectivity index (χ2n) is 8.78. The molecular weight excluding hydrogens is 408 g/mol. The Bertz CT molecular complexity index is 1170. The van der Waals surface area contributed by atoms with Crippen LogP contribution < -0.4 is 15.1 Å². The van der Waals surface area contributed by atoms with Gasteiger partial charge in [-0.05, 0) is 57.0 Å². The Morgan fingerprint density at radius 2 is 1.66 bits per heavy atom. The maximum Gasteiger partial charge on any atom is 0.205 e. The van der Waals surface area contributed by atoms with Crippen molar-refractivity contribution in [3.8, 4) is 28.6 Å². The fraction of sp³-hybridized carbons (Fsp3) is 0.400. The van der Waals surface area contributed by atoms with Gasteiger partial charge in [-0.2, -0.15) is 0 Å². The van der Waals surface area contributed by atoms with Gasteiger partial charge in [-0.25, -0.2) is 0 Å². The number of hydrogen-bond acceptors (Lipinski definition) is 7. The quantitative estimate of drug-likeness (QED) is 0.641. The summed E-state index contributed by atoms with van der Waals surface area (Å²) in [6, 6.07) is 10.4. The molecule has 2 heterocycles. The van der Waals surface area contributed by atoms with Crippen LogP contribution in [0, 0.1) is 0 Å². The normalized spacial score (nSPS) is 17.8. The number of ether oxygens (including phenoxy) is 1. The van der Waals surface area contributed by atoms with Crippen LogP contribution in [0.2, 0.25) is 0 Å². The highest BCUT2D eigenvalue weighted by atomic mass is 16.5. The first-order chi connectivity index (χ1) is 15.5. The molecule has 5 rings (SSSR count). The van der Waals surface area contributed by atoms with Crippen LogP contribution in [0.5, 0.6) is 17.2 Å². The maximum atomic E-state index is 12.9. The number of hydrogen-bond donors (Lipinski definition) is 2. The maximum absolute atomic E-state index is 12.9. The Morgan fingerprint density at radius 3 is 2.34 bits per heavy atom. The molecule has 1 aliphatic heterocycles. The molecule has 0 unspecified atom stereocenters. The summed E-state index contributed by atoms with van der Waals surface area (Å²) in [5.74, 6) is -0.0546. The molecule has 32 heavy (non-hydrogen) atoms. The molecule has 3 aromatic rings. The number of anilines is 1. The van der Waals surface area contributed by atoms with Gasteiger partial charge in [0.15, 0.2) is 16.8 Å². The van der Waals surface area contributed by atoms with Gasteiger partial charge in [0, 0.05) is 49.6 Å². The number of likely N-dealkylation sites (N-methyl/N-ethyl adjacent to an activating group) is 1. The molecule has 1 aromatic heterocycles. The number of phenolic OH excluding ortho intramolecular Hbond substituents is 2. The van der Waals surface area contributed by atoms with Crippen LogP contribution in [-0.2, 0) is 0 Å². The highest BCUT2D eigenvalue weighted by Crippen LogP contribution is 2.42. The average Bonchev–Trinajstić information content (AvgIpc) is 3.30. The standard InChI is InChI=1S/C25H28N2O5/c1-26-10-12-27(13-11-26)17-8-6-16(7-9-17)22-15-20(29)23-19(28)14-21(30)24(25(23)32-22)31-18-4-2-3-5-18/h6-9,14-15,18,28,30H,2-5,10-13H2,1H3. The summed E-state index contributed by atoms with van der Waals surface area (Å²) < 4.78 is 12.1. The predicted molar refractivity (Wildman–Crippen MR) is 124 cm³/mol. The van der Waals surface area contributed by atoms with Crippen molar-refractivity contribution in [2.45, 2.75) is 31.8 Å². The lowest BCUT2D eigenvalue weighted by molar-refractivity contribution is 0.201.